The van der Waals surface area contributed by atoms with Crippen LogP contribution in [0.1, 0.15) is 361 Å². The van der Waals surface area contributed by atoms with Gasteiger partial charge >= 0.3 is 11.9 Å². The molecule has 0 rings (SSSR count). The minimum atomic E-state index is -1.62. The Morgan fingerprint density at radius 2 is 0.626 bits per heavy atom. The zero-order chi connectivity index (χ0) is 66.1. The van der Waals surface area contributed by atoms with Gasteiger partial charge in [-0.1, -0.05) is 343 Å². The summed E-state index contributed by atoms with van der Waals surface area (Å²) in [5.41, 5.74) is 0. The number of rotatable bonds is 72. The molecule has 0 aliphatic heterocycles. The standard InChI is InChI=1S/C82H147NO8/c1-6-8-10-12-14-16-18-20-22-24-26-28-30-32-34-36-38-39-40-41-43-45-47-49-51-53-55-57-59-61-63-65-67-69-71-73-80(85)91-78(77-90-82(81(86)87)88-75-74-83(3,4)5)76-89-79(84)72-70-68-66-64-62-60-58-56-54-52-50-48-46-44-42-37-35-33-31-29-27-25-23-21-19-17-15-13-11-9-7-2/h8,10,14,16,19-22,25-28,31,33,78,82H,6-7,9,11-13,15,17-18,23-24,29-30,32,34-77H2,1-5H3/b10-8-,16-14-,21-19-,22-20-,27-25-,28-26-,33-31-. The average molecular weight is 1280 g/mol. The molecule has 0 aromatic carbocycles. The Balaban J connectivity index is 4.02. The van der Waals surface area contributed by atoms with E-state index in [1.165, 1.54) is 257 Å². The quantitative estimate of drug-likeness (QED) is 0.0195. The number of ether oxygens (including phenoxy) is 4. The molecule has 0 aliphatic rings. The molecule has 0 amide bonds. The van der Waals surface area contributed by atoms with E-state index in [4.69, 9.17) is 18.9 Å². The lowest BCUT2D eigenvalue weighted by molar-refractivity contribution is -0.870. The SMILES string of the molecule is CC/C=C\C/C=C\C/C=C\C/C=C\CCCCCCCCCCCCCCCCCCCCCCCCC(=O)OC(COC(=O)CCCCCCCCCCCCCCCCCC/C=C\C/C=C\C/C=C\CCCCCCC)COC(OCC[N+](C)(C)C)C(=O)[O-]. The van der Waals surface area contributed by atoms with Crippen LogP contribution in [-0.2, 0) is 33.3 Å². The number of hydrogen-bond donors (Lipinski definition) is 0. The van der Waals surface area contributed by atoms with E-state index in [-0.39, 0.29) is 32.2 Å². The Labute approximate surface area is 563 Å². The van der Waals surface area contributed by atoms with Crippen LogP contribution in [0.3, 0.4) is 0 Å². The molecule has 9 heteroatoms. The highest BCUT2D eigenvalue weighted by molar-refractivity contribution is 5.70. The van der Waals surface area contributed by atoms with E-state index in [9.17, 15) is 19.5 Å². The van der Waals surface area contributed by atoms with Gasteiger partial charge in [-0.2, -0.15) is 0 Å². The van der Waals surface area contributed by atoms with E-state index < -0.39 is 24.3 Å². The van der Waals surface area contributed by atoms with Crippen LogP contribution in [0.5, 0.6) is 0 Å². The lowest BCUT2D eigenvalue weighted by Crippen LogP contribution is -2.44. The van der Waals surface area contributed by atoms with Gasteiger partial charge in [0.15, 0.2) is 12.4 Å². The third kappa shape index (κ3) is 73.7. The monoisotopic (exact) mass is 1270 g/mol. The molecule has 0 saturated carbocycles. The molecule has 2 unspecified atom stereocenters. The van der Waals surface area contributed by atoms with Crippen LogP contribution in [0.2, 0.25) is 0 Å². The molecule has 0 heterocycles. The fraction of sp³-hybridized carbons (Fsp3) is 0.793. The van der Waals surface area contributed by atoms with Gasteiger partial charge in [0.25, 0.3) is 0 Å². The molecule has 0 bridgehead atoms. The number of carbonyl (C=O) groups excluding carboxylic acids is 3. The Bertz CT molecular complexity index is 1770. The summed E-state index contributed by atoms with van der Waals surface area (Å²) in [6.07, 6.45) is 95.5. The summed E-state index contributed by atoms with van der Waals surface area (Å²) in [5.74, 6) is -2.26. The number of nitrogens with zero attached hydrogens (tertiary/aromatic N) is 1. The van der Waals surface area contributed by atoms with Crippen molar-refractivity contribution in [1.29, 1.82) is 0 Å². The van der Waals surface area contributed by atoms with Gasteiger partial charge < -0.3 is 33.3 Å². The molecular formula is C82H147NO8. The van der Waals surface area contributed by atoms with Gasteiger partial charge in [-0.15, -0.1) is 0 Å². The van der Waals surface area contributed by atoms with Gasteiger partial charge in [0.1, 0.15) is 13.2 Å². The zero-order valence-corrected chi connectivity index (χ0v) is 60.5. The van der Waals surface area contributed by atoms with E-state index in [0.29, 0.717) is 23.9 Å². The fourth-order valence-electron chi connectivity index (χ4n) is 11.2. The van der Waals surface area contributed by atoms with Crippen molar-refractivity contribution in [3.05, 3.63) is 85.1 Å². The number of likely N-dealkylation sites (N-methyl/N-ethyl adjacent to an activating group) is 1. The lowest BCUT2D eigenvalue weighted by Gasteiger charge is -2.26. The van der Waals surface area contributed by atoms with Crippen LogP contribution in [0.4, 0.5) is 0 Å². The number of unbranched alkanes of at least 4 members (excludes halogenated alkanes) is 43. The summed E-state index contributed by atoms with van der Waals surface area (Å²) >= 11 is 0. The average Bonchev–Trinajstić information content (AvgIpc) is 3.46. The first-order valence-corrected chi connectivity index (χ1v) is 38.7. The number of carboxylic acids is 1. The van der Waals surface area contributed by atoms with Crippen LogP contribution in [0.15, 0.2) is 85.1 Å². The summed E-state index contributed by atoms with van der Waals surface area (Å²) in [4.78, 5) is 37.6. The molecule has 0 saturated heterocycles. The van der Waals surface area contributed by atoms with E-state index in [1.807, 2.05) is 21.1 Å². The first kappa shape index (κ1) is 87.5. The zero-order valence-electron chi connectivity index (χ0n) is 60.5. The van der Waals surface area contributed by atoms with Crippen LogP contribution in [0, 0.1) is 0 Å². The second-order valence-electron chi connectivity index (χ2n) is 27.3. The number of carboxylic acid groups (broad SMARTS) is 1. The van der Waals surface area contributed by atoms with Gasteiger partial charge in [0, 0.05) is 12.8 Å². The van der Waals surface area contributed by atoms with E-state index in [1.54, 1.807) is 0 Å². The summed E-state index contributed by atoms with van der Waals surface area (Å²) in [6.45, 7) is 4.68. The predicted octanol–water partition coefficient (Wildman–Crippen LogP) is 23.3. The first-order chi connectivity index (χ1) is 44.6. The fourth-order valence-corrected chi connectivity index (χ4v) is 11.2. The molecule has 2 atom stereocenters. The number of hydrogen-bond acceptors (Lipinski definition) is 8. The van der Waals surface area contributed by atoms with Crippen molar-refractivity contribution >= 4 is 17.9 Å². The van der Waals surface area contributed by atoms with Crippen molar-refractivity contribution in [2.45, 2.75) is 373 Å². The van der Waals surface area contributed by atoms with Crippen molar-refractivity contribution in [3.8, 4) is 0 Å². The number of quaternary nitrogens is 1. The van der Waals surface area contributed by atoms with Gasteiger partial charge in [-0.3, -0.25) is 9.59 Å². The molecule has 0 aromatic heterocycles. The third-order valence-corrected chi connectivity index (χ3v) is 17.1. The number of aliphatic carboxylic acids is 1. The second-order valence-corrected chi connectivity index (χ2v) is 27.3. The molecule has 9 nitrogen and oxygen atoms in total. The smallest absolute Gasteiger partial charge is 0.306 e. The van der Waals surface area contributed by atoms with E-state index in [0.717, 1.165) is 70.6 Å². The summed E-state index contributed by atoms with van der Waals surface area (Å²) < 4.78 is 22.9. The predicted molar refractivity (Wildman–Crippen MR) is 389 cm³/mol. The number of carbonyl (C=O) groups is 3. The van der Waals surface area contributed by atoms with E-state index in [2.05, 4.69) is 98.9 Å². The maximum atomic E-state index is 13.0. The van der Waals surface area contributed by atoms with Gasteiger partial charge in [0.2, 0.25) is 0 Å². The maximum absolute atomic E-state index is 13.0. The Kier molecular flexibility index (Phi) is 69.5. The van der Waals surface area contributed by atoms with Crippen molar-refractivity contribution in [3.63, 3.8) is 0 Å². The van der Waals surface area contributed by atoms with Crippen molar-refractivity contribution in [2.24, 2.45) is 0 Å². The van der Waals surface area contributed by atoms with Crippen LogP contribution in [0.25, 0.3) is 0 Å². The molecule has 528 valence electrons. The highest BCUT2D eigenvalue weighted by atomic mass is 16.7. The minimum absolute atomic E-state index is 0.148. The Hall–Kier alpha value is -3.53. The van der Waals surface area contributed by atoms with Gasteiger partial charge in [-0.05, 0) is 89.9 Å². The van der Waals surface area contributed by atoms with Gasteiger partial charge in [-0.25, -0.2) is 0 Å². The highest BCUT2D eigenvalue weighted by Crippen LogP contribution is 2.19. The molecule has 91 heavy (non-hydrogen) atoms. The Morgan fingerprint density at radius 1 is 0.341 bits per heavy atom. The first-order valence-electron chi connectivity index (χ1n) is 38.7. The van der Waals surface area contributed by atoms with Crippen LogP contribution >= 0.6 is 0 Å². The van der Waals surface area contributed by atoms with Gasteiger partial charge in [0.05, 0.1) is 40.3 Å². The molecule has 0 spiro atoms. The minimum Gasteiger partial charge on any atom is -0.545 e. The number of allylic oxidation sites excluding steroid dienone is 14. The van der Waals surface area contributed by atoms with Crippen molar-refractivity contribution in [2.75, 3.05) is 47.5 Å². The molecule has 0 aliphatic carbocycles. The number of esters is 2. The molecular weight excluding hydrogens is 1130 g/mol. The summed E-state index contributed by atoms with van der Waals surface area (Å²) in [5, 5.41) is 11.9. The topological polar surface area (TPSA) is 111 Å². The van der Waals surface area contributed by atoms with Crippen LogP contribution in [-0.4, -0.2) is 82.3 Å². The second kappa shape index (κ2) is 72.3. The van der Waals surface area contributed by atoms with Crippen molar-refractivity contribution < 1.29 is 42.9 Å². The maximum Gasteiger partial charge on any atom is 0.306 e. The van der Waals surface area contributed by atoms with E-state index >= 15 is 0 Å². The Morgan fingerprint density at radius 3 is 0.934 bits per heavy atom. The van der Waals surface area contributed by atoms with Crippen LogP contribution < -0.4 is 5.11 Å². The van der Waals surface area contributed by atoms with Crippen molar-refractivity contribution in [1.82, 2.24) is 0 Å². The highest BCUT2D eigenvalue weighted by Gasteiger charge is 2.22. The largest absolute Gasteiger partial charge is 0.545 e. The molecule has 0 N–H and O–H groups in total. The molecule has 0 fully saturated rings. The summed E-state index contributed by atoms with van der Waals surface area (Å²) in [7, 11) is 5.94. The molecule has 0 aromatic rings. The molecule has 0 radical (unpaired) electrons. The third-order valence-electron chi connectivity index (χ3n) is 17.1. The normalized spacial score (nSPS) is 13.1. The summed E-state index contributed by atoms with van der Waals surface area (Å²) in [6, 6.07) is 0. The lowest BCUT2D eigenvalue weighted by atomic mass is 10.0.